The fourth-order valence-corrected chi connectivity index (χ4v) is 3.81. The normalized spacial score (nSPS) is 12.6. The van der Waals surface area contributed by atoms with Gasteiger partial charge in [0, 0.05) is 19.7 Å². The number of aryl methyl sites for hydroxylation is 1. The van der Waals surface area contributed by atoms with Crippen molar-refractivity contribution in [2.24, 2.45) is 0 Å². The number of methoxy groups -OCH3 is 1. The van der Waals surface area contributed by atoms with Crippen molar-refractivity contribution in [3.8, 4) is 17.1 Å². The van der Waals surface area contributed by atoms with Crippen LogP contribution in [-0.4, -0.2) is 50.0 Å². The predicted molar refractivity (Wildman–Crippen MR) is 112 cm³/mol. The molecule has 0 radical (unpaired) electrons. The van der Waals surface area contributed by atoms with Gasteiger partial charge in [0.1, 0.15) is 16.5 Å². The van der Waals surface area contributed by atoms with Crippen molar-refractivity contribution < 1.29 is 31.6 Å². The number of halogens is 1. The van der Waals surface area contributed by atoms with Gasteiger partial charge in [-0.2, -0.15) is 4.98 Å². The molecule has 1 atom stereocenters. The Morgan fingerprint density at radius 2 is 1.91 bits per heavy atom. The first kappa shape index (κ1) is 23.4. The van der Waals surface area contributed by atoms with Gasteiger partial charge >= 0.3 is 5.97 Å². The Morgan fingerprint density at radius 1 is 1.19 bits per heavy atom. The third-order valence-electron chi connectivity index (χ3n) is 4.66. The van der Waals surface area contributed by atoms with E-state index in [9.17, 15) is 17.6 Å². The van der Waals surface area contributed by atoms with Crippen molar-refractivity contribution in [3.63, 3.8) is 0 Å². The number of esters is 1. The van der Waals surface area contributed by atoms with Crippen molar-refractivity contribution in [1.82, 2.24) is 14.4 Å². The minimum atomic E-state index is -3.86. The number of carbonyl (C=O) groups is 1. The molecule has 0 fully saturated rings. The van der Waals surface area contributed by atoms with Crippen LogP contribution in [0.1, 0.15) is 34.8 Å². The maximum Gasteiger partial charge on any atom is 0.338 e. The van der Waals surface area contributed by atoms with Gasteiger partial charge in [-0.25, -0.2) is 21.9 Å². The third kappa shape index (κ3) is 4.63. The van der Waals surface area contributed by atoms with Crippen molar-refractivity contribution in [2.45, 2.75) is 24.8 Å². The zero-order chi connectivity index (χ0) is 23.6. The number of nitrogens with zero attached hydrogens (tertiary/aromatic N) is 3. The molecule has 0 spiro atoms. The van der Waals surface area contributed by atoms with E-state index in [1.165, 1.54) is 52.4 Å². The highest BCUT2D eigenvalue weighted by atomic mass is 32.2. The second-order valence-electron chi connectivity index (χ2n) is 7.12. The lowest BCUT2D eigenvalue weighted by atomic mass is 10.1. The second-order valence-corrected chi connectivity index (χ2v) is 9.24. The molecule has 3 aromatic rings. The van der Waals surface area contributed by atoms with Gasteiger partial charge in [-0.1, -0.05) is 17.3 Å². The van der Waals surface area contributed by atoms with Crippen molar-refractivity contribution in [2.75, 3.05) is 21.2 Å². The van der Waals surface area contributed by atoms with E-state index in [4.69, 9.17) is 14.0 Å². The van der Waals surface area contributed by atoms with Crippen LogP contribution in [0, 0.1) is 12.7 Å². The van der Waals surface area contributed by atoms with Crippen LogP contribution in [0.5, 0.6) is 5.75 Å². The monoisotopic (exact) mass is 463 g/mol. The summed E-state index contributed by atoms with van der Waals surface area (Å²) in [6, 6.07) is 8.45. The molecule has 1 unspecified atom stereocenters. The molecule has 3 rings (SSSR count). The van der Waals surface area contributed by atoms with Crippen LogP contribution in [0.25, 0.3) is 11.4 Å². The molecule has 0 aliphatic heterocycles. The van der Waals surface area contributed by atoms with Crippen molar-refractivity contribution >= 4 is 16.0 Å². The summed E-state index contributed by atoms with van der Waals surface area (Å²) >= 11 is 0. The standard InChI is InChI=1S/C21H22FN3O6S/c1-12-6-7-14(10-16(12)22)19-23-20(31-24-19)13(2)30-21(26)15-8-9-17(29-5)18(11-15)32(27,28)25(3)4/h6-11,13H,1-5H3. The molecule has 170 valence electrons. The number of benzene rings is 2. The molecule has 0 saturated carbocycles. The maximum absolute atomic E-state index is 13.8. The molecule has 11 heteroatoms. The molecule has 0 amide bonds. The van der Waals surface area contributed by atoms with E-state index in [0.717, 1.165) is 4.31 Å². The number of hydrogen-bond acceptors (Lipinski definition) is 8. The van der Waals surface area contributed by atoms with Crippen LogP contribution >= 0.6 is 0 Å². The quantitative estimate of drug-likeness (QED) is 0.491. The largest absolute Gasteiger partial charge is 0.495 e. The van der Waals surface area contributed by atoms with Gasteiger partial charge in [-0.05, 0) is 43.7 Å². The zero-order valence-electron chi connectivity index (χ0n) is 18.1. The Balaban J connectivity index is 1.82. The fourth-order valence-electron chi connectivity index (χ4n) is 2.73. The summed E-state index contributed by atoms with van der Waals surface area (Å²) in [5.74, 6) is -0.961. The molecule has 32 heavy (non-hydrogen) atoms. The van der Waals surface area contributed by atoms with E-state index in [0.29, 0.717) is 11.1 Å². The lowest BCUT2D eigenvalue weighted by Gasteiger charge is -2.16. The number of sulfonamides is 1. The van der Waals surface area contributed by atoms with Gasteiger partial charge in [-0.15, -0.1) is 0 Å². The first-order valence-electron chi connectivity index (χ1n) is 9.46. The first-order valence-corrected chi connectivity index (χ1v) is 10.9. The molecular formula is C21H22FN3O6S. The average molecular weight is 463 g/mol. The van der Waals surface area contributed by atoms with Crippen LogP contribution in [0.15, 0.2) is 45.8 Å². The summed E-state index contributed by atoms with van der Waals surface area (Å²) in [7, 11) is 0.209. The van der Waals surface area contributed by atoms with Crippen molar-refractivity contribution in [1.29, 1.82) is 0 Å². The molecule has 0 aliphatic rings. The summed E-state index contributed by atoms with van der Waals surface area (Å²) in [4.78, 5) is 16.6. The Hall–Kier alpha value is -3.31. The molecule has 2 aromatic carbocycles. The van der Waals surface area contributed by atoms with Crippen LogP contribution in [0.2, 0.25) is 0 Å². The molecule has 0 bridgehead atoms. The Bertz CT molecular complexity index is 1260. The summed E-state index contributed by atoms with van der Waals surface area (Å²) in [6.45, 7) is 3.16. The molecule has 9 nitrogen and oxygen atoms in total. The first-order chi connectivity index (χ1) is 15.0. The van der Waals surface area contributed by atoms with Gasteiger partial charge in [0.15, 0.2) is 6.10 Å². The van der Waals surface area contributed by atoms with E-state index in [1.807, 2.05) is 0 Å². The van der Waals surface area contributed by atoms with Gasteiger partial charge in [0.05, 0.1) is 12.7 Å². The smallest absolute Gasteiger partial charge is 0.338 e. The van der Waals surface area contributed by atoms with Gasteiger partial charge in [0.25, 0.3) is 5.89 Å². The number of aromatic nitrogens is 2. The van der Waals surface area contributed by atoms with Gasteiger partial charge < -0.3 is 14.0 Å². The zero-order valence-corrected chi connectivity index (χ0v) is 18.9. The summed E-state index contributed by atoms with van der Waals surface area (Å²) in [5, 5.41) is 3.80. The average Bonchev–Trinajstić information content (AvgIpc) is 3.25. The summed E-state index contributed by atoms with van der Waals surface area (Å²) in [5.41, 5.74) is 0.892. The molecule has 0 N–H and O–H groups in total. The van der Waals surface area contributed by atoms with Crippen LogP contribution in [0.3, 0.4) is 0 Å². The second kappa shape index (κ2) is 9.05. The molecule has 1 heterocycles. The highest BCUT2D eigenvalue weighted by Crippen LogP contribution is 2.28. The van der Waals surface area contributed by atoms with Crippen LogP contribution in [-0.2, 0) is 14.8 Å². The van der Waals surface area contributed by atoms with E-state index < -0.39 is 27.9 Å². The minimum absolute atomic E-state index is 0.00146. The number of rotatable bonds is 7. The SMILES string of the molecule is COc1ccc(C(=O)OC(C)c2nc(-c3ccc(C)c(F)c3)no2)cc1S(=O)(=O)N(C)C. The number of carbonyl (C=O) groups excluding carboxylic acids is 1. The van der Waals surface area contributed by atoms with Crippen molar-refractivity contribution in [3.05, 3.63) is 59.2 Å². The number of hydrogen-bond donors (Lipinski definition) is 0. The molecule has 0 aliphatic carbocycles. The summed E-state index contributed by atoms with van der Waals surface area (Å²) in [6.07, 6.45) is -0.935. The maximum atomic E-state index is 13.8. The predicted octanol–water partition coefficient (Wildman–Crippen LogP) is 3.36. The number of ether oxygens (including phenoxy) is 2. The van der Waals surface area contributed by atoms with E-state index in [1.54, 1.807) is 19.1 Å². The fraction of sp³-hybridized carbons (Fsp3) is 0.286. The lowest BCUT2D eigenvalue weighted by molar-refractivity contribution is 0.0265. The molecule has 0 saturated heterocycles. The van der Waals surface area contributed by atoms with Gasteiger partial charge in [0.2, 0.25) is 15.8 Å². The Morgan fingerprint density at radius 3 is 2.53 bits per heavy atom. The highest BCUT2D eigenvalue weighted by molar-refractivity contribution is 7.89. The topological polar surface area (TPSA) is 112 Å². The van der Waals surface area contributed by atoms with E-state index in [-0.39, 0.29) is 27.9 Å². The minimum Gasteiger partial charge on any atom is -0.495 e. The lowest BCUT2D eigenvalue weighted by Crippen LogP contribution is -2.23. The van der Waals surface area contributed by atoms with Crippen LogP contribution in [0.4, 0.5) is 4.39 Å². The van der Waals surface area contributed by atoms with Crippen LogP contribution < -0.4 is 4.74 Å². The molecule has 1 aromatic heterocycles. The Labute approximate surface area is 184 Å². The Kier molecular flexibility index (Phi) is 6.60. The molecular weight excluding hydrogens is 441 g/mol. The third-order valence-corrected chi connectivity index (χ3v) is 6.50. The van der Waals surface area contributed by atoms with E-state index >= 15 is 0 Å². The highest BCUT2D eigenvalue weighted by Gasteiger charge is 2.26. The van der Waals surface area contributed by atoms with Gasteiger partial charge in [-0.3, -0.25) is 0 Å². The van der Waals surface area contributed by atoms with E-state index in [2.05, 4.69) is 10.1 Å². The summed E-state index contributed by atoms with van der Waals surface area (Å²) < 4.78 is 55.5.